The van der Waals surface area contributed by atoms with Gasteiger partial charge in [0.25, 0.3) is 0 Å². The number of nitrogens with one attached hydrogen (secondary N) is 1. The summed E-state index contributed by atoms with van der Waals surface area (Å²) in [5.74, 6) is -1.55. The van der Waals surface area contributed by atoms with Crippen molar-refractivity contribution < 1.29 is 39.5 Å². The van der Waals surface area contributed by atoms with Crippen molar-refractivity contribution in [3.05, 3.63) is 0 Å². The normalized spacial score (nSPS) is 35.2. The Morgan fingerprint density at radius 3 is 2.45 bits per heavy atom. The minimum atomic E-state index is -1.56. The second-order valence-corrected chi connectivity index (χ2v) is 4.54. The second-order valence-electron chi connectivity index (χ2n) is 4.54. The van der Waals surface area contributed by atoms with Crippen molar-refractivity contribution in [2.24, 2.45) is 0 Å². The van der Waals surface area contributed by atoms with Gasteiger partial charge in [0.05, 0.1) is 6.61 Å². The van der Waals surface area contributed by atoms with Crippen LogP contribution < -0.4 is 5.32 Å². The van der Waals surface area contributed by atoms with Gasteiger partial charge in [-0.25, -0.2) is 4.79 Å². The zero-order valence-corrected chi connectivity index (χ0v) is 11.1. The molecular formula is C11H19NO8. The van der Waals surface area contributed by atoms with Gasteiger partial charge in [-0.1, -0.05) is 0 Å². The Balaban J connectivity index is 2.86. The molecule has 1 aliphatic rings. The van der Waals surface area contributed by atoms with E-state index in [1.165, 1.54) is 13.8 Å². The molecule has 0 bridgehead atoms. The molecule has 0 aromatic rings. The molecule has 0 aromatic heterocycles. The van der Waals surface area contributed by atoms with Gasteiger partial charge >= 0.3 is 5.97 Å². The molecule has 0 aliphatic carbocycles. The molecule has 9 heteroatoms. The van der Waals surface area contributed by atoms with E-state index in [2.05, 4.69) is 5.32 Å². The molecule has 1 rings (SSSR count). The van der Waals surface area contributed by atoms with Crippen LogP contribution in [0.4, 0.5) is 0 Å². The zero-order valence-electron chi connectivity index (χ0n) is 11.1. The minimum absolute atomic E-state index is 0.528. The van der Waals surface area contributed by atoms with Gasteiger partial charge in [-0.2, -0.15) is 0 Å². The van der Waals surface area contributed by atoms with Crippen LogP contribution in [0.2, 0.25) is 0 Å². The monoisotopic (exact) mass is 293 g/mol. The Hall–Kier alpha value is -1.26. The van der Waals surface area contributed by atoms with Crippen LogP contribution in [0.15, 0.2) is 0 Å². The number of esters is 1. The highest BCUT2D eigenvalue weighted by Gasteiger charge is 2.47. The maximum absolute atomic E-state index is 11.4. The van der Waals surface area contributed by atoms with E-state index in [9.17, 15) is 19.8 Å². The molecule has 9 nitrogen and oxygen atoms in total. The number of rotatable bonds is 4. The van der Waals surface area contributed by atoms with Crippen molar-refractivity contribution in [2.75, 3.05) is 6.61 Å². The Morgan fingerprint density at radius 1 is 1.40 bits per heavy atom. The number of carbonyl (C=O) groups is 2. The molecular weight excluding hydrogens is 274 g/mol. The van der Waals surface area contributed by atoms with Crippen LogP contribution in [-0.2, 0) is 19.1 Å². The maximum Gasteiger partial charge on any atom is 0.335 e. The SMILES string of the molecule is CC(=O)N[C@@H]1[C@@H](O)[C@H](OC(=O)[C@@H](C)O)[C@@H](CO)O[C@H]1O. The number of hydrogen-bond acceptors (Lipinski definition) is 8. The molecule has 1 aliphatic heterocycles. The predicted octanol–water partition coefficient (Wildman–Crippen LogP) is -3.15. The zero-order chi connectivity index (χ0) is 15.4. The summed E-state index contributed by atoms with van der Waals surface area (Å²) < 4.78 is 9.83. The molecule has 1 amide bonds. The van der Waals surface area contributed by atoms with E-state index in [-0.39, 0.29) is 0 Å². The minimum Gasteiger partial charge on any atom is -0.455 e. The quantitative estimate of drug-likeness (QED) is 0.342. The first-order valence-electron chi connectivity index (χ1n) is 6.06. The average molecular weight is 293 g/mol. The van der Waals surface area contributed by atoms with Crippen LogP contribution >= 0.6 is 0 Å². The molecule has 5 N–H and O–H groups in total. The third kappa shape index (κ3) is 3.87. The van der Waals surface area contributed by atoms with Crippen LogP contribution in [0.1, 0.15) is 13.8 Å². The summed E-state index contributed by atoms with van der Waals surface area (Å²) >= 11 is 0. The van der Waals surface area contributed by atoms with Crippen molar-refractivity contribution in [3.8, 4) is 0 Å². The summed E-state index contributed by atoms with van der Waals surface area (Å²) in [7, 11) is 0. The summed E-state index contributed by atoms with van der Waals surface area (Å²) in [5, 5.41) is 40.2. The summed E-state index contributed by atoms with van der Waals surface area (Å²) in [6.45, 7) is 1.72. The van der Waals surface area contributed by atoms with E-state index in [0.717, 1.165) is 0 Å². The lowest BCUT2D eigenvalue weighted by Crippen LogP contribution is -2.65. The van der Waals surface area contributed by atoms with Gasteiger partial charge in [-0.15, -0.1) is 0 Å². The fraction of sp³-hybridized carbons (Fsp3) is 0.818. The molecule has 0 aromatic carbocycles. The van der Waals surface area contributed by atoms with Gasteiger partial charge in [0.2, 0.25) is 5.91 Å². The summed E-state index contributed by atoms with van der Waals surface area (Å²) in [5.41, 5.74) is 0. The number of ether oxygens (including phenoxy) is 2. The fourth-order valence-corrected chi connectivity index (χ4v) is 1.85. The Morgan fingerprint density at radius 2 is 2.00 bits per heavy atom. The summed E-state index contributed by atoms with van der Waals surface area (Å²) in [4.78, 5) is 22.4. The van der Waals surface area contributed by atoms with Crippen molar-refractivity contribution in [3.63, 3.8) is 0 Å². The largest absolute Gasteiger partial charge is 0.455 e. The van der Waals surface area contributed by atoms with Crippen molar-refractivity contribution in [1.29, 1.82) is 0 Å². The topological polar surface area (TPSA) is 146 Å². The molecule has 0 saturated carbocycles. The lowest BCUT2D eigenvalue weighted by atomic mass is 9.96. The first-order valence-corrected chi connectivity index (χ1v) is 6.06. The molecule has 20 heavy (non-hydrogen) atoms. The van der Waals surface area contributed by atoms with Crippen LogP contribution in [0.5, 0.6) is 0 Å². The van der Waals surface area contributed by atoms with E-state index in [4.69, 9.17) is 19.7 Å². The highest BCUT2D eigenvalue weighted by atomic mass is 16.6. The molecule has 116 valence electrons. The predicted molar refractivity (Wildman–Crippen MR) is 63.1 cm³/mol. The standard InChI is InChI=1S/C11H19NO8/c1-4(14)10(17)20-9-6(3-13)19-11(18)7(8(9)16)12-5(2)15/h4,6-9,11,13-14,16,18H,3H2,1-2H3,(H,12,15)/t4-,6-,7-,8-,9-,11-/m1/s1. The van der Waals surface area contributed by atoms with Crippen molar-refractivity contribution in [2.45, 2.75) is 50.6 Å². The highest BCUT2D eigenvalue weighted by Crippen LogP contribution is 2.23. The lowest BCUT2D eigenvalue weighted by Gasteiger charge is -2.41. The average Bonchev–Trinajstić information content (AvgIpc) is 2.36. The maximum atomic E-state index is 11.4. The highest BCUT2D eigenvalue weighted by molar-refractivity contribution is 5.74. The summed E-state index contributed by atoms with van der Waals surface area (Å²) in [6.07, 6.45) is -6.99. The number of aliphatic hydroxyl groups excluding tert-OH is 4. The van der Waals surface area contributed by atoms with E-state index >= 15 is 0 Å². The smallest absolute Gasteiger partial charge is 0.335 e. The van der Waals surface area contributed by atoms with Crippen LogP contribution in [0.3, 0.4) is 0 Å². The van der Waals surface area contributed by atoms with Crippen LogP contribution in [0.25, 0.3) is 0 Å². The second kappa shape index (κ2) is 6.95. The van der Waals surface area contributed by atoms with Crippen LogP contribution in [-0.4, -0.2) is 75.7 Å². The van der Waals surface area contributed by atoms with Gasteiger partial charge in [0, 0.05) is 6.92 Å². The van der Waals surface area contributed by atoms with Gasteiger partial charge in [-0.05, 0) is 6.92 Å². The number of hydrogen-bond donors (Lipinski definition) is 5. The number of aliphatic hydroxyl groups is 4. The van der Waals surface area contributed by atoms with Crippen LogP contribution in [0, 0.1) is 0 Å². The molecule has 0 unspecified atom stereocenters. The van der Waals surface area contributed by atoms with Crippen molar-refractivity contribution in [1.82, 2.24) is 5.32 Å². The molecule has 1 saturated heterocycles. The van der Waals surface area contributed by atoms with E-state index in [1.807, 2.05) is 0 Å². The Labute approximate surface area is 115 Å². The number of amides is 1. The van der Waals surface area contributed by atoms with E-state index < -0.39 is 55.2 Å². The third-order valence-corrected chi connectivity index (χ3v) is 2.84. The Kier molecular flexibility index (Phi) is 5.84. The van der Waals surface area contributed by atoms with Gasteiger partial charge in [-0.3, -0.25) is 4.79 Å². The fourth-order valence-electron chi connectivity index (χ4n) is 1.85. The molecule has 0 spiro atoms. The molecule has 6 atom stereocenters. The lowest BCUT2D eigenvalue weighted by molar-refractivity contribution is -0.261. The first kappa shape index (κ1) is 16.8. The van der Waals surface area contributed by atoms with E-state index in [1.54, 1.807) is 0 Å². The van der Waals surface area contributed by atoms with E-state index in [0.29, 0.717) is 0 Å². The summed E-state index contributed by atoms with van der Waals surface area (Å²) in [6, 6.07) is -1.22. The molecule has 1 fully saturated rings. The molecule has 1 heterocycles. The Bertz CT molecular complexity index is 360. The number of carbonyl (C=O) groups excluding carboxylic acids is 2. The van der Waals surface area contributed by atoms with Gasteiger partial charge in [0.15, 0.2) is 12.4 Å². The van der Waals surface area contributed by atoms with Gasteiger partial charge in [0.1, 0.15) is 24.4 Å². The first-order chi connectivity index (χ1) is 9.27. The third-order valence-electron chi connectivity index (χ3n) is 2.84. The molecule has 0 radical (unpaired) electrons. The van der Waals surface area contributed by atoms with Gasteiger partial charge < -0.3 is 35.2 Å². The van der Waals surface area contributed by atoms with Crippen molar-refractivity contribution >= 4 is 11.9 Å².